The van der Waals surface area contributed by atoms with Gasteiger partial charge in [-0.1, -0.05) is 19.1 Å². The standard InChI is InChI=1S/C17H17N3O3S/c1-3-14-19-13-8-6-5-7-12(13)16(22)20(14)17-18-11(10-24-17)9-15(21)23-4-2/h5-8,10H,3-4,9H2,1-2H3. The second-order valence-electron chi connectivity index (χ2n) is 5.14. The number of aromatic nitrogens is 3. The van der Waals surface area contributed by atoms with Crippen molar-refractivity contribution < 1.29 is 9.53 Å². The zero-order valence-electron chi connectivity index (χ0n) is 13.5. The van der Waals surface area contributed by atoms with Crippen LogP contribution in [-0.2, 0) is 22.4 Å². The third kappa shape index (κ3) is 3.07. The molecule has 0 fully saturated rings. The molecule has 0 bridgehead atoms. The summed E-state index contributed by atoms with van der Waals surface area (Å²) in [5, 5.41) is 2.85. The smallest absolute Gasteiger partial charge is 0.311 e. The summed E-state index contributed by atoms with van der Waals surface area (Å²) < 4.78 is 6.46. The number of thiazole rings is 1. The van der Waals surface area contributed by atoms with Crippen molar-refractivity contribution in [3.8, 4) is 5.13 Å². The number of benzene rings is 1. The van der Waals surface area contributed by atoms with Gasteiger partial charge in [0.2, 0.25) is 0 Å². The van der Waals surface area contributed by atoms with Crippen molar-refractivity contribution in [2.45, 2.75) is 26.7 Å². The molecule has 0 saturated heterocycles. The molecule has 2 heterocycles. The molecule has 2 aromatic heterocycles. The first-order valence-electron chi connectivity index (χ1n) is 7.75. The van der Waals surface area contributed by atoms with Crippen LogP contribution in [0.4, 0.5) is 0 Å². The number of hydrogen-bond donors (Lipinski definition) is 0. The van der Waals surface area contributed by atoms with Gasteiger partial charge in [-0.05, 0) is 19.1 Å². The molecular formula is C17H17N3O3S. The third-order valence-electron chi connectivity index (χ3n) is 3.52. The Bertz CT molecular complexity index is 946. The monoisotopic (exact) mass is 343 g/mol. The number of esters is 1. The molecule has 0 aliphatic carbocycles. The fourth-order valence-electron chi connectivity index (χ4n) is 2.45. The third-order valence-corrected chi connectivity index (χ3v) is 4.40. The van der Waals surface area contributed by atoms with E-state index in [1.54, 1.807) is 18.4 Å². The summed E-state index contributed by atoms with van der Waals surface area (Å²) >= 11 is 1.32. The summed E-state index contributed by atoms with van der Waals surface area (Å²) in [5.41, 5.74) is 1.13. The van der Waals surface area contributed by atoms with Crippen molar-refractivity contribution in [3.05, 3.63) is 51.5 Å². The largest absolute Gasteiger partial charge is 0.466 e. The molecule has 0 N–H and O–H groups in total. The van der Waals surface area contributed by atoms with Gasteiger partial charge in [-0.2, -0.15) is 0 Å². The Labute approximate surface area is 142 Å². The van der Waals surface area contributed by atoms with Crippen molar-refractivity contribution in [1.82, 2.24) is 14.5 Å². The van der Waals surface area contributed by atoms with Crippen LogP contribution < -0.4 is 5.56 Å². The van der Waals surface area contributed by atoms with Crippen molar-refractivity contribution in [2.24, 2.45) is 0 Å². The predicted molar refractivity (Wildman–Crippen MR) is 92.7 cm³/mol. The van der Waals surface area contributed by atoms with Gasteiger partial charge in [0.05, 0.1) is 29.6 Å². The molecule has 0 amide bonds. The summed E-state index contributed by atoms with van der Waals surface area (Å²) in [4.78, 5) is 33.4. The number of rotatable bonds is 5. The second-order valence-corrected chi connectivity index (χ2v) is 5.98. The highest BCUT2D eigenvalue weighted by atomic mass is 32.1. The Kier molecular flexibility index (Phi) is 4.71. The summed E-state index contributed by atoms with van der Waals surface area (Å²) in [6.45, 7) is 4.04. The van der Waals surface area contributed by atoms with E-state index in [2.05, 4.69) is 9.97 Å². The van der Waals surface area contributed by atoms with Crippen LogP contribution in [0.25, 0.3) is 16.0 Å². The number of aryl methyl sites for hydroxylation is 1. The molecule has 1 aromatic carbocycles. The van der Waals surface area contributed by atoms with Gasteiger partial charge in [-0.25, -0.2) is 14.5 Å². The highest BCUT2D eigenvalue weighted by molar-refractivity contribution is 7.12. The van der Waals surface area contributed by atoms with E-state index in [-0.39, 0.29) is 17.9 Å². The first-order chi connectivity index (χ1) is 11.6. The maximum atomic E-state index is 12.8. The number of para-hydroxylation sites is 1. The SMILES string of the molecule is CCOC(=O)Cc1csc(-n2c(CC)nc3ccccc3c2=O)n1. The normalized spacial score (nSPS) is 10.9. The molecule has 3 rings (SSSR count). The van der Waals surface area contributed by atoms with Crippen LogP contribution in [0.1, 0.15) is 25.4 Å². The second kappa shape index (κ2) is 6.92. The number of nitrogens with zero attached hydrogens (tertiary/aromatic N) is 3. The lowest BCUT2D eigenvalue weighted by molar-refractivity contribution is -0.142. The van der Waals surface area contributed by atoms with Gasteiger partial charge in [-0.15, -0.1) is 11.3 Å². The maximum Gasteiger partial charge on any atom is 0.311 e. The quantitative estimate of drug-likeness (QED) is 0.666. The van der Waals surface area contributed by atoms with Gasteiger partial charge < -0.3 is 4.74 Å². The first-order valence-corrected chi connectivity index (χ1v) is 8.63. The first kappa shape index (κ1) is 16.3. The predicted octanol–water partition coefficient (Wildman–Crippen LogP) is 2.51. The van der Waals surface area contributed by atoms with Crippen LogP contribution in [0.15, 0.2) is 34.4 Å². The van der Waals surface area contributed by atoms with Gasteiger partial charge in [0.1, 0.15) is 5.82 Å². The van der Waals surface area contributed by atoms with Crippen LogP contribution in [-0.4, -0.2) is 27.1 Å². The molecule has 24 heavy (non-hydrogen) atoms. The highest BCUT2D eigenvalue weighted by Gasteiger charge is 2.15. The Hall–Kier alpha value is -2.54. The van der Waals surface area contributed by atoms with Crippen LogP contribution >= 0.6 is 11.3 Å². The molecule has 0 aliphatic heterocycles. The Morgan fingerprint density at radius 2 is 2.04 bits per heavy atom. The highest BCUT2D eigenvalue weighted by Crippen LogP contribution is 2.18. The van der Waals surface area contributed by atoms with Gasteiger partial charge in [0.25, 0.3) is 5.56 Å². The molecule has 7 heteroatoms. The van der Waals surface area contributed by atoms with Crippen LogP contribution in [0.5, 0.6) is 0 Å². The summed E-state index contributed by atoms with van der Waals surface area (Å²) in [6, 6.07) is 7.26. The maximum absolute atomic E-state index is 12.8. The summed E-state index contributed by atoms with van der Waals surface area (Å²) in [7, 11) is 0. The van der Waals surface area contributed by atoms with Crippen LogP contribution in [0.3, 0.4) is 0 Å². The number of carbonyl (C=O) groups is 1. The lowest BCUT2D eigenvalue weighted by atomic mass is 10.2. The number of ether oxygens (including phenoxy) is 1. The molecule has 124 valence electrons. The van der Waals surface area contributed by atoms with Crippen LogP contribution in [0.2, 0.25) is 0 Å². The summed E-state index contributed by atoms with van der Waals surface area (Å²) in [6.07, 6.45) is 0.703. The van der Waals surface area contributed by atoms with Gasteiger partial charge in [0.15, 0.2) is 5.13 Å². The number of carbonyl (C=O) groups excluding carboxylic acids is 1. The summed E-state index contributed by atoms with van der Waals surface area (Å²) in [5.74, 6) is 0.324. The average Bonchev–Trinajstić information content (AvgIpc) is 3.02. The van der Waals surface area contributed by atoms with E-state index in [1.807, 2.05) is 25.1 Å². The Morgan fingerprint density at radius 3 is 2.79 bits per heavy atom. The van der Waals surface area contributed by atoms with E-state index in [4.69, 9.17) is 4.74 Å². The van der Waals surface area contributed by atoms with E-state index in [1.165, 1.54) is 15.9 Å². The minimum Gasteiger partial charge on any atom is -0.466 e. The number of fused-ring (bicyclic) bond motifs is 1. The van der Waals surface area contributed by atoms with E-state index >= 15 is 0 Å². The Balaban J connectivity index is 2.06. The van der Waals surface area contributed by atoms with E-state index in [0.717, 1.165) is 0 Å². The lowest BCUT2D eigenvalue weighted by Gasteiger charge is -2.09. The van der Waals surface area contributed by atoms with Gasteiger partial charge in [0, 0.05) is 11.8 Å². The van der Waals surface area contributed by atoms with Crippen molar-refractivity contribution >= 4 is 28.2 Å². The van der Waals surface area contributed by atoms with Gasteiger partial charge >= 0.3 is 5.97 Å². The minimum absolute atomic E-state index is 0.0988. The van der Waals surface area contributed by atoms with Crippen molar-refractivity contribution in [2.75, 3.05) is 6.61 Å². The Morgan fingerprint density at radius 1 is 1.25 bits per heavy atom. The molecule has 0 atom stereocenters. The fraction of sp³-hybridized carbons (Fsp3) is 0.294. The van der Waals surface area contributed by atoms with Crippen LogP contribution in [0, 0.1) is 0 Å². The zero-order valence-corrected chi connectivity index (χ0v) is 14.3. The van der Waals surface area contributed by atoms with E-state index in [0.29, 0.717) is 40.6 Å². The van der Waals surface area contributed by atoms with E-state index < -0.39 is 0 Å². The molecule has 0 saturated carbocycles. The number of hydrogen-bond acceptors (Lipinski definition) is 6. The van der Waals surface area contributed by atoms with E-state index in [9.17, 15) is 9.59 Å². The minimum atomic E-state index is -0.325. The van der Waals surface area contributed by atoms with Crippen molar-refractivity contribution in [1.29, 1.82) is 0 Å². The van der Waals surface area contributed by atoms with Gasteiger partial charge in [-0.3, -0.25) is 9.59 Å². The molecule has 0 aliphatic rings. The molecule has 0 radical (unpaired) electrons. The molecule has 0 unspecified atom stereocenters. The average molecular weight is 343 g/mol. The lowest BCUT2D eigenvalue weighted by Crippen LogP contribution is -2.23. The molecular weight excluding hydrogens is 326 g/mol. The molecule has 0 spiro atoms. The molecule has 3 aromatic rings. The molecule has 6 nitrogen and oxygen atoms in total. The topological polar surface area (TPSA) is 74.1 Å². The fourth-order valence-corrected chi connectivity index (χ4v) is 3.29. The zero-order chi connectivity index (χ0) is 17.1. The van der Waals surface area contributed by atoms with Crippen molar-refractivity contribution in [3.63, 3.8) is 0 Å².